The Kier molecular flexibility index (Phi) is 11.1. The highest BCUT2D eigenvalue weighted by atomic mass is 19.4. The van der Waals surface area contributed by atoms with E-state index in [9.17, 15) is 31.1 Å². The van der Waals surface area contributed by atoms with E-state index in [2.05, 4.69) is 4.74 Å². The van der Waals surface area contributed by atoms with Crippen molar-refractivity contribution < 1.29 is 45.3 Å². The van der Waals surface area contributed by atoms with E-state index in [1.165, 1.54) is 13.0 Å². The number of aromatic nitrogens is 1. The molecule has 11 heteroatoms. The lowest BCUT2D eigenvalue weighted by Gasteiger charge is -2.30. The molecule has 3 aromatic rings. The number of nitrogens with zero attached hydrogens (tertiary/aromatic N) is 1. The second kappa shape index (κ2) is 13.9. The smallest absolute Gasteiger partial charge is 0.493 e. The SMILES string of the molecule is CCCCCc1ccc(-c2cc3ccc(OCC(C)(COC(=O)C(C)C)CC(F)(F)F)cc3n2CC)c(OC(F)(F)F)c1. The second-order valence-electron chi connectivity index (χ2n) is 11.5. The van der Waals surface area contributed by atoms with Gasteiger partial charge in [0, 0.05) is 29.0 Å². The lowest BCUT2D eigenvalue weighted by Crippen LogP contribution is -2.36. The van der Waals surface area contributed by atoms with Crippen LogP contribution in [0, 0.1) is 11.3 Å². The summed E-state index contributed by atoms with van der Waals surface area (Å²) in [6.07, 6.45) is -7.19. The van der Waals surface area contributed by atoms with Crippen molar-refractivity contribution in [1.82, 2.24) is 4.57 Å². The van der Waals surface area contributed by atoms with Gasteiger partial charge in [-0.3, -0.25) is 4.79 Å². The maximum Gasteiger partial charge on any atom is 0.573 e. The highest BCUT2D eigenvalue weighted by Gasteiger charge is 2.41. The number of hydrogen-bond donors (Lipinski definition) is 0. The molecule has 2 aromatic carbocycles. The van der Waals surface area contributed by atoms with E-state index in [1.54, 1.807) is 54.8 Å². The number of alkyl halides is 6. The number of carbonyl (C=O) groups excluding carboxylic acids is 1. The molecule has 0 spiro atoms. The molecule has 0 aliphatic heterocycles. The molecule has 0 aliphatic rings. The van der Waals surface area contributed by atoms with Crippen LogP contribution in [-0.2, 0) is 22.5 Å². The van der Waals surface area contributed by atoms with Crippen LogP contribution < -0.4 is 9.47 Å². The zero-order valence-electron chi connectivity index (χ0n) is 25.1. The number of halogens is 6. The van der Waals surface area contributed by atoms with Gasteiger partial charge in [0.15, 0.2) is 0 Å². The number of aryl methyl sites for hydroxylation is 2. The molecule has 0 saturated heterocycles. The summed E-state index contributed by atoms with van der Waals surface area (Å²) < 4.78 is 97.5. The van der Waals surface area contributed by atoms with Crippen LogP contribution in [0.1, 0.15) is 65.9 Å². The zero-order valence-corrected chi connectivity index (χ0v) is 25.1. The second-order valence-corrected chi connectivity index (χ2v) is 11.5. The van der Waals surface area contributed by atoms with Crippen LogP contribution in [0.5, 0.6) is 11.5 Å². The molecular weight excluding hydrogens is 576 g/mol. The first kappa shape index (κ1) is 34.1. The van der Waals surface area contributed by atoms with Crippen molar-refractivity contribution in [1.29, 1.82) is 0 Å². The molecule has 1 aromatic heterocycles. The molecule has 3 rings (SSSR count). The average Bonchev–Trinajstić information content (AvgIpc) is 3.26. The summed E-state index contributed by atoms with van der Waals surface area (Å²) in [5.41, 5.74) is 0.590. The third-order valence-corrected chi connectivity index (χ3v) is 7.06. The van der Waals surface area contributed by atoms with Gasteiger partial charge in [0.2, 0.25) is 0 Å². The van der Waals surface area contributed by atoms with Crippen LogP contribution in [0.25, 0.3) is 22.2 Å². The maximum absolute atomic E-state index is 13.4. The van der Waals surface area contributed by atoms with Crippen molar-refractivity contribution in [2.75, 3.05) is 13.2 Å². The Bertz CT molecular complexity index is 1380. The van der Waals surface area contributed by atoms with E-state index >= 15 is 0 Å². The van der Waals surface area contributed by atoms with Crippen molar-refractivity contribution in [2.24, 2.45) is 11.3 Å². The van der Waals surface area contributed by atoms with Gasteiger partial charge in [-0.1, -0.05) is 46.6 Å². The molecule has 1 unspecified atom stereocenters. The number of hydrogen-bond acceptors (Lipinski definition) is 4. The molecule has 0 fully saturated rings. The maximum atomic E-state index is 13.4. The quantitative estimate of drug-likeness (QED) is 0.103. The fourth-order valence-electron chi connectivity index (χ4n) is 4.91. The fraction of sp³-hybridized carbons (Fsp3) is 0.531. The Morgan fingerprint density at radius 2 is 1.65 bits per heavy atom. The molecule has 0 N–H and O–H groups in total. The fourth-order valence-corrected chi connectivity index (χ4v) is 4.91. The predicted octanol–water partition coefficient (Wildman–Crippen LogP) is 9.50. The number of carbonyl (C=O) groups is 1. The minimum atomic E-state index is -4.88. The van der Waals surface area contributed by atoms with Gasteiger partial charge < -0.3 is 18.8 Å². The Morgan fingerprint density at radius 3 is 2.26 bits per heavy atom. The Morgan fingerprint density at radius 1 is 0.930 bits per heavy atom. The van der Waals surface area contributed by atoms with E-state index in [0.29, 0.717) is 29.6 Å². The molecule has 0 aliphatic carbocycles. The summed E-state index contributed by atoms with van der Waals surface area (Å²) in [6.45, 7) is 7.94. The number of benzene rings is 2. The van der Waals surface area contributed by atoms with Crippen LogP contribution in [-0.4, -0.2) is 36.3 Å². The Labute approximate surface area is 248 Å². The standard InChI is InChI=1S/C32H39F6NO4/c1-6-8-9-10-22-11-14-25(28(15-22)43-32(36,37)38)27-16-23-12-13-24(17-26(23)39(27)7-2)41-19-30(5,18-31(33,34)35)20-42-29(40)21(3)4/h11-17,21H,6-10,18-20H2,1-5H3. The van der Waals surface area contributed by atoms with Crippen LogP contribution in [0.2, 0.25) is 0 Å². The number of esters is 1. The summed E-state index contributed by atoms with van der Waals surface area (Å²) in [5.74, 6) is -1.12. The molecule has 238 valence electrons. The first-order valence-corrected chi connectivity index (χ1v) is 14.4. The number of unbranched alkanes of at least 4 members (excludes halogenated alkanes) is 2. The molecule has 5 nitrogen and oxygen atoms in total. The average molecular weight is 616 g/mol. The summed E-state index contributed by atoms with van der Waals surface area (Å²) in [4.78, 5) is 11.9. The summed E-state index contributed by atoms with van der Waals surface area (Å²) in [5, 5.41) is 0.707. The Hall–Kier alpha value is -3.37. The zero-order chi connectivity index (χ0) is 32.0. The Balaban J connectivity index is 1.94. The van der Waals surface area contributed by atoms with Crippen LogP contribution in [0.15, 0.2) is 42.5 Å². The van der Waals surface area contributed by atoms with E-state index in [1.807, 2.05) is 13.8 Å². The molecule has 43 heavy (non-hydrogen) atoms. The van der Waals surface area contributed by atoms with Gasteiger partial charge in [0.05, 0.1) is 30.2 Å². The third-order valence-electron chi connectivity index (χ3n) is 7.06. The van der Waals surface area contributed by atoms with Gasteiger partial charge in [-0.2, -0.15) is 13.2 Å². The summed E-state index contributed by atoms with van der Waals surface area (Å²) >= 11 is 0. The monoisotopic (exact) mass is 615 g/mol. The van der Waals surface area contributed by atoms with E-state index in [0.717, 1.165) is 24.8 Å². The van der Waals surface area contributed by atoms with Crippen molar-refractivity contribution >= 4 is 16.9 Å². The van der Waals surface area contributed by atoms with E-state index in [-0.39, 0.29) is 23.7 Å². The first-order chi connectivity index (χ1) is 20.0. The molecule has 0 radical (unpaired) electrons. The molecule has 1 atom stereocenters. The molecule has 0 amide bonds. The number of ether oxygens (including phenoxy) is 3. The van der Waals surface area contributed by atoms with Crippen molar-refractivity contribution in [3.8, 4) is 22.8 Å². The lowest BCUT2D eigenvalue weighted by molar-refractivity contribution is -0.274. The van der Waals surface area contributed by atoms with Crippen LogP contribution in [0.3, 0.4) is 0 Å². The third kappa shape index (κ3) is 9.83. The largest absolute Gasteiger partial charge is 0.573 e. The minimum Gasteiger partial charge on any atom is -0.493 e. The first-order valence-electron chi connectivity index (χ1n) is 14.4. The summed E-state index contributed by atoms with van der Waals surface area (Å²) in [7, 11) is 0. The predicted molar refractivity (Wildman–Crippen MR) is 153 cm³/mol. The lowest BCUT2D eigenvalue weighted by atomic mass is 9.88. The normalized spacial score (nSPS) is 13.8. The van der Waals surface area contributed by atoms with Gasteiger partial charge in [0.1, 0.15) is 18.1 Å². The van der Waals surface area contributed by atoms with Gasteiger partial charge in [-0.15, -0.1) is 13.2 Å². The topological polar surface area (TPSA) is 49.7 Å². The number of fused-ring (bicyclic) bond motifs is 1. The minimum absolute atomic E-state index is 0.266. The van der Waals surface area contributed by atoms with Crippen molar-refractivity contribution in [3.63, 3.8) is 0 Å². The van der Waals surface area contributed by atoms with E-state index < -0.39 is 42.9 Å². The molecule has 0 saturated carbocycles. The summed E-state index contributed by atoms with van der Waals surface area (Å²) in [6, 6.07) is 11.5. The van der Waals surface area contributed by atoms with Gasteiger partial charge in [0.25, 0.3) is 0 Å². The highest BCUT2D eigenvalue weighted by Crippen LogP contribution is 2.39. The van der Waals surface area contributed by atoms with Crippen LogP contribution in [0.4, 0.5) is 26.3 Å². The highest BCUT2D eigenvalue weighted by molar-refractivity contribution is 5.89. The van der Waals surface area contributed by atoms with Gasteiger partial charge >= 0.3 is 18.5 Å². The van der Waals surface area contributed by atoms with Gasteiger partial charge in [-0.05, 0) is 55.7 Å². The molecular formula is C32H39F6NO4. The molecule has 1 heterocycles. The van der Waals surface area contributed by atoms with Crippen LogP contribution >= 0.6 is 0 Å². The number of rotatable bonds is 14. The molecule has 0 bridgehead atoms. The van der Waals surface area contributed by atoms with Gasteiger partial charge in [-0.25, -0.2) is 0 Å². The van der Waals surface area contributed by atoms with Crippen molar-refractivity contribution in [2.45, 2.75) is 85.8 Å². The van der Waals surface area contributed by atoms with E-state index in [4.69, 9.17) is 9.47 Å². The van der Waals surface area contributed by atoms with Crippen molar-refractivity contribution in [3.05, 3.63) is 48.0 Å².